The molecule has 2 radical (unpaired) electrons. The minimum absolute atomic E-state index is 0. The van der Waals surface area contributed by atoms with Gasteiger partial charge in [-0.25, -0.2) is 0 Å². The van der Waals surface area contributed by atoms with Gasteiger partial charge in [0.2, 0.25) is 0 Å². The Kier molecular flexibility index (Phi) is 20.6. The van der Waals surface area contributed by atoms with Gasteiger partial charge in [-0.3, -0.25) is 0 Å². The Bertz CT molecular complexity index is 2110. The van der Waals surface area contributed by atoms with Crippen LogP contribution in [-0.4, -0.2) is 6.88 Å². The number of aryl methyl sites for hydroxylation is 6. The summed E-state index contributed by atoms with van der Waals surface area (Å²) in [7, 11) is 0. The molecule has 0 saturated carbocycles. The van der Waals surface area contributed by atoms with Gasteiger partial charge in [0, 0.05) is 0 Å². The molecule has 58 heavy (non-hydrogen) atoms. The van der Waals surface area contributed by atoms with E-state index in [1.807, 2.05) is 0 Å². The van der Waals surface area contributed by atoms with Gasteiger partial charge in [-0.1, -0.05) is 204 Å². The van der Waals surface area contributed by atoms with Crippen LogP contribution in [0.1, 0.15) is 60.1 Å². The van der Waals surface area contributed by atoms with Gasteiger partial charge in [-0.15, -0.1) is 69.6 Å². The second kappa shape index (κ2) is 23.7. The molecule has 8 aromatic rings. The van der Waals surface area contributed by atoms with Crippen LogP contribution in [0.4, 0.5) is 0 Å². The maximum atomic E-state index is 3.06. The molecule has 0 aliphatic carbocycles. The molecule has 0 saturated heterocycles. The van der Waals surface area contributed by atoms with E-state index in [-0.39, 0.29) is 39.7 Å². The Morgan fingerprint density at radius 3 is 0.897 bits per heavy atom. The number of hydrogen-bond donors (Lipinski definition) is 0. The van der Waals surface area contributed by atoms with E-state index in [0.29, 0.717) is 0 Å². The van der Waals surface area contributed by atoms with Crippen LogP contribution in [0.3, 0.4) is 0 Å². The molecule has 0 spiro atoms. The molecule has 300 valence electrons. The van der Waals surface area contributed by atoms with Gasteiger partial charge in [0.25, 0.3) is 0 Å². The molecule has 8 rings (SSSR count). The number of fused-ring (bicyclic) bond motifs is 2. The van der Waals surface area contributed by atoms with Crippen molar-refractivity contribution in [2.75, 3.05) is 0 Å². The van der Waals surface area contributed by atoms with Crippen LogP contribution in [0, 0.1) is 42.5 Å². The van der Waals surface area contributed by atoms with E-state index in [9.17, 15) is 0 Å². The monoisotopic (exact) mass is 894 g/mol. The van der Waals surface area contributed by atoms with Crippen LogP contribution >= 0.6 is 24.8 Å². The molecule has 0 heterocycles. The van der Waals surface area contributed by atoms with Gasteiger partial charge < -0.3 is 14.9 Å². The Morgan fingerprint density at radius 2 is 0.638 bits per heavy atom. The third kappa shape index (κ3) is 11.7. The second-order valence-corrected chi connectivity index (χ2v) is 14.7. The molecule has 8 aromatic carbocycles. The molecule has 4 heteroatoms. The van der Waals surface area contributed by atoms with Crippen LogP contribution < -0.4 is 0 Å². The first-order chi connectivity index (χ1) is 26.3. The maximum absolute atomic E-state index is 3.06. The molecule has 0 atom stereocenters. The molecular formula is C54H58Cl2SiZr-4. The molecule has 0 unspecified atom stereocenters. The third-order valence-corrected chi connectivity index (χ3v) is 10.4. The third-order valence-electron chi connectivity index (χ3n) is 10.4. The first-order valence-electron chi connectivity index (χ1n) is 19.3. The Labute approximate surface area is 379 Å². The van der Waals surface area contributed by atoms with Crippen molar-refractivity contribution in [2.45, 2.75) is 67.2 Å². The van der Waals surface area contributed by atoms with E-state index >= 15 is 0 Å². The van der Waals surface area contributed by atoms with Crippen molar-refractivity contribution in [2.24, 2.45) is 0 Å². The summed E-state index contributed by atoms with van der Waals surface area (Å²) in [5, 5.41) is 5.48. The quantitative estimate of drug-likeness (QED) is 0.105. The standard InChI is InChI=1S/2C26H25.2CH3.2ClH.Si.Zr/c2*1-4-5-20-16-25-23(21-10-6-18(2)7-11-21)14-15-24(26(25)17-20)22-12-8-19(3)9-13-22;;;;;;/h2*6-17H,4-5H2,1-3H3;2*1H3;2*1H;;/q4*-1;;;;. The van der Waals surface area contributed by atoms with Crippen molar-refractivity contribution in [1.82, 2.24) is 0 Å². The van der Waals surface area contributed by atoms with Crippen LogP contribution in [0.2, 0.25) is 0 Å². The summed E-state index contributed by atoms with van der Waals surface area (Å²) in [6.07, 6.45) is 4.62. The molecule has 0 aliphatic rings. The van der Waals surface area contributed by atoms with E-state index in [1.54, 1.807) is 0 Å². The number of halogens is 2. The predicted octanol–water partition coefficient (Wildman–Crippen LogP) is 16.3. The average Bonchev–Trinajstić information content (AvgIpc) is 3.82. The molecule has 0 bridgehead atoms. The van der Waals surface area contributed by atoms with Crippen LogP contribution in [-0.2, 0) is 36.2 Å². The van der Waals surface area contributed by atoms with Crippen LogP contribution in [0.25, 0.3) is 66.1 Å². The Morgan fingerprint density at radius 1 is 0.397 bits per heavy atom. The van der Waals surface area contributed by atoms with Crippen molar-refractivity contribution in [1.29, 1.82) is 0 Å². The topological polar surface area (TPSA) is 0 Å². The summed E-state index contributed by atoms with van der Waals surface area (Å²) in [5.74, 6) is 0. The fourth-order valence-electron chi connectivity index (χ4n) is 7.53. The summed E-state index contributed by atoms with van der Waals surface area (Å²) < 4.78 is 0. The zero-order valence-corrected chi connectivity index (χ0v) is 40.6. The van der Waals surface area contributed by atoms with E-state index in [0.717, 1.165) is 12.8 Å². The predicted molar refractivity (Wildman–Crippen MR) is 261 cm³/mol. The van der Waals surface area contributed by atoms with Gasteiger partial charge in [0.1, 0.15) is 0 Å². The second-order valence-electron chi connectivity index (χ2n) is 14.7. The van der Waals surface area contributed by atoms with Crippen molar-refractivity contribution >= 4 is 53.2 Å². The molecule has 0 N–H and O–H groups in total. The Hall–Kier alpha value is -3.78. The summed E-state index contributed by atoms with van der Waals surface area (Å²) in [5.41, 5.74) is 18.6. The average molecular weight is 897 g/mol. The fourth-order valence-corrected chi connectivity index (χ4v) is 7.53. The minimum atomic E-state index is 0. The van der Waals surface area contributed by atoms with Gasteiger partial charge in [0.05, 0.1) is 0 Å². The first kappa shape index (κ1) is 50.4. The van der Waals surface area contributed by atoms with Crippen molar-refractivity contribution < 1.29 is 23.3 Å². The fraction of sp³-hybridized carbons (Fsp3) is 0.185. The molecule has 0 fully saturated rings. The van der Waals surface area contributed by atoms with Crippen LogP contribution in [0.15, 0.2) is 146 Å². The van der Waals surface area contributed by atoms with Crippen molar-refractivity contribution in [3.63, 3.8) is 0 Å². The number of hydrogen-bond acceptors (Lipinski definition) is 0. The Balaban J connectivity index is 0.000000360. The molecule has 0 nitrogen and oxygen atoms in total. The summed E-state index contributed by atoms with van der Waals surface area (Å²) in [6.45, 7) is 16.1. The van der Waals surface area contributed by atoms with E-state index < -0.39 is 0 Å². The number of rotatable bonds is 8. The molecule has 0 aliphatic heterocycles. The van der Waals surface area contributed by atoms with Gasteiger partial charge >= 0.3 is 30.2 Å². The number of benzene rings is 6. The summed E-state index contributed by atoms with van der Waals surface area (Å²) >= 11 is 1.36. The van der Waals surface area contributed by atoms with E-state index in [1.165, 1.54) is 136 Å². The van der Waals surface area contributed by atoms with Gasteiger partial charge in [0.15, 0.2) is 0 Å². The molecular weight excluding hydrogens is 839 g/mol. The van der Waals surface area contributed by atoms with Crippen LogP contribution in [0.5, 0.6) is 0 Å². The molecule has 0 aromatic heterocycles. The van der Waals surface area contributed by atoms with E-state index in [2.05, 4.69) is 194 Å². The van der Waals surface area contributed by atoms with E-state index in [4.69, 9.17) is 0 Å². The van der Waals surface area contributed by atoms with Crippen molar-refractivity contribution in [3.05, 3.63) is 194 Å². The zero-order valence-electron chi connectivity index (χ0n) is 35.5. The molecule has 0 amide bonds. The first-order valence-corrected chi connectivity index (χ1v) is 23.5. The SMILES string of the molecule is CCCc1cc2c(-c3ccc(C)cc3)ccc(-c3ccc(C)cc3)c2[cH-]1.CCCc1cc2c(-c3ccc(C)cc3)ccc(-c3ccc(C)cc3)c2[cH-]1.Cl.Cl.[CH3-].[CH3-].[Si]=[Zr]. The summed E-state index contributed by atoms with van der Waals surface area (Å²) in [6, 6.07) is 54.2. The zero-order chi connectivity index (χ0) is 38.2. The van der Waals surface area contributed by atoms with Gasteiger partial charge in [-0.2, -0.15) is 12.1 Å². The normalized spacial score (nSPS) is 10.1. The van der Waals surface area contributed by atoms with Gasteiger partial charge in [-0.05, 0) is 51.7 Å². The van der Waals surface area contributed by atoms with Crippen molar-refractivity contribution in [3.8, 4) is 44.5 Å². The summed E-state index contributed by atoms with van der Waals surface area (Å²) in [4.78, 5) is 0.